The highest BCUT2D eigenvalue weighted by atomic mass is 35.5. The maximum absolute atomic E-state index is 13.7. The van der Waals surface area contributed by atoms with Gasteiger partial charge in [-0.25, -0.2) is 4.98 Å². The molecule has 0 amide bonds. The molecule has 1 fully saturated rings. The Labute approximate surface area is 222 Å². The zero-order valence-electron chi connectivity index (χ0n) is 21.2. The predicted octanol–water partition coefficient (Wildman–Crippen LogP) is 6.17. The summed E-state index contributed by atoms with van der Waals surface area (Å²) in [5, 5.41) is 1.14. The van der Waals surface area contributed by atoms with Crippen molar-refractivity contribution < 1.29 is 9.47 Å². The lowest BCUT2D eigenvalue weighted by Crippen LogP contribution is -2.30. The Morgan fingerprint density at radius 3 is 2.46 bits per heavy atom. The second kappa shape index (κ2) is 11.0. The normalized spacial score (nSPS) is 17.6. The van der Waals surface area contributed by atoms with E-state index < -0.39 is 0 Å². The van der Waals surface area contributed by atoms with Gasteiger partial charge in [0.25, 0.3) is 5.56 Å². The Morgan fingerprint density at radius 2 is 1.73 bits per heavy atom. The van der Waals surface area contributed by atoms with Gasteiger partial charge in [0, 0.05) is 28.8 Å². The molecule has 7 heteroatoms. The Bertz CT molecular complexity index is 1470. The van der Waals surface area contributed by atoms with Gasteiger partial charge in [0.05, 0.1) is 25.1 Å². The highest BCUT2D eigenvalue weighted by Crippen LogP contribution is 2.35. The Balaban J connectivity index is 1.57. The lowest BCUT2D eigenvalue weighted by molar-refractivity contribution is 0.246. The molecule has 2 atom stereocenters. The molecule has 0 spiro atoms. The highest BCUT2D eigenvalue weighted by molar-refractivity contribution is 6.31. The minimum Gasteiger partial charge on any atom is -0.497 e. The number of methoxy groups -OCH3 is 2. The molecule has 1 heterocycles. The number of rotatable bonds is 7. The first kappa shape index (κ1) is 25.3. The summed E-state index contributed by atoms with van der Waals surface area (Å²) in [6, 6.07) is 19.1. The molecule has 1 aliphatic rings. The van der Waals surface area contributed by atoms with Crippen LogP contribution in [0.1, 0.15) is 25.7 Å². The van der Waals surface area contributed by atoms with Gasteiger partial charge in [-0.2, -0.15) is 0 Å². The quantitative estimate of drug-likeness (QED) is 0.317. The van der Waals surface area contributed by atoms with E-state index in [1.54, 1.807) is 32.4 Å². The van der Waals surface area contributed by atoms with E-state index in [1.165, 1.54) is 6.42 Å². The fourth-order valence-electron chi connectivity index (χ4n) is 5.46. The third-order valence-corrected chi connectivity index (χ3v) is 7.68. The van der Waals surface area contributed by atoms with Crippen molar-refractivity contribution >= 4 is 22.5 Å². The molecule has 2 N–H and O–H groups in total. The van der Waals surface area contributed by atoms with E-state index in [4.69, 9.17) is 31.8 Å². The molecular formula is C30H32ClN3O3. The molecule has 0 saturated heterocycles. The molecule has 6 nitrogen and oxygen atoms in total. The predicted molar refractivity (Wildman–Crippen MR) is 149 cm³/mol. The molecule has 37 heavy (non-hydrogen) atoms. The Hall–Kier alpha value is -3.35. The van der Waals surface area contributed by atoms with Gasteiger partial charge in [0.15, 0.2) is 0 Å². The lowest BCUT2D eigenvalue weighted by Gasteiger charge is -2.29. The van der Waals surface area contributed by atoms with Crippen molar-refractivity contribution in [3.05, 3.63) is 76.0 Å². The molecule has 3 aromatic carbocycles. The average Bonchev–Trinajstić information content (AvgIpc) is 2.94. The lowest BCUT2D eigenvalue weighted by atomic mass is 9.81. The molecule has 1 saturated carbocycles. The molecule has 5 rings (SSSR count). The number of benzene rings is 3. The van der Waals surface area contributed by atoms with Gasteiger partial charge in [-0.3, -0.25) is 9.36 Å². The van der Waals surface area contributed by atoms with Gasteiger partial charge < -0.3 is 15.2 Å². The van der Waals surface area contributed by atoms with E-state index in [-0.39, 0.29) is 5.56 Å². The van der Waals surface area contributed by atoms with Crippen LogP contribution in [0, 0.1) is 11.8 Å². The van der Waals surface area contributed by atoms with Crippen LogP contribution in [0.4, 0.5) is 0 Å². The number of hydrogen-bond donors (Lipinski definition) is 1. The summed E-state index contributed by atoms with van der Waals surface area (Å²) in [6.45, 7) is 1.33. The maximum atomic E-state index is 13.7. The molecule has 1 aliphatic carbocycles. The number of ether oxygens (including phenoxy) is 2. The van der Waals surface area contributed by atoms with Gasteiger partial charge in [-0.05, 0) is 73.5 Å². The molecular weight excluding hydrogens is 486 g/mol. The van der Waals surface area contributed by atoms with Crippen molar-refractivity contribution in [2.24, 2.45) is 17.6 Å². The van der Waals surface area contributed by atoms with Gasteiger partial charge in [0.2, 0.25) is 0 Å². The van der Waals surface area contributed by atoms with Crippen molar-refractivity contribution in [3.8, 4) is 34.0 Å². The van der Waals surface area contributed by atoms with Gasteiger partial charge in [-0.15, -0.1) is 0 Å². The SMILES string of the molecule is COc1ccc(-c2ccc(-c3nc4cc(Cl)ccc4c(=O)n3CC3CCCC(CN)C3)cc2)c(OC)c1. The van der Waals surface area contributed by atoms with Gasteiger partial charge >= 0.3 is 0 Å². The van der Waals surface area contributed by atoms with Crippen LogP contribution in [0.5, 0.6) is 11.5 Å². The summed E-state index contributed by atoms with van der Waals surface area (Å²) in [5.74, 6) is 3.04. The van der Waals surface area contributed by atoms with Crippen LogP contribution in [-0.2, 0) is 6.54 Å². The van der Waals surface area contributed by atoms with Gasteiger partial charge in [-0.1, -0.05) is 42.3 Å². The van der Waals surface area contributed by atoms with Crippen molar-refractivity contribution in [1.29, 1.82) is 0 Å². The zero-order valence-corrected chi connectivity index (χ0v) is 22.0. The molecule has 0 aliphatic heterocycles. The fraction of sp³-hybridized carbons (Fsp3) is 0.333. The first-order chi connectivity index (χ1) is 18.0. The van der Waals surface area contributed by atoms with Crippen LogP contribution in [0.25, 0.3) is 33.4 Å². The first-order valence-electron chi connectivity index (χ1n) is 12.7. The molecule has 192 valence electrons. The number of aromatic nitrogens is 2. The largest absolute Gasteiger partial charge is 0.497 e. The third kappa shape index (κ3) is 5.22. The number of nitrogens with zero attached hydrogens (tertiary/aromatic N) is 2. The summed E-state index contributed by atoms with van der Waals surface area (Å²) in [6.07, 6.45) is 4.44. The van der Waals surface area contributed by atoms with Crippen molar-refractivity contribution in [2.75, 3.05) is 20.8 Å². The monoisotopic (exact) mass is 517 g/mol. The van der Waals surface area contributed by atoms with Crippen molar-refractivity contribution in [1.82, 2.24) is 9.55 Å². The number of hydrogen-bond acceptors (Lipinski definition) is 5. The Kier molecular flexibility index (Phi) is 7.49. The van der Waals surface area contributed by atoms with Crippen LogP contribution in [0.2, 0.25) is 5.02 Å². The third-order valence-electron chi connectivity index (χ3n) is 7.45. The van der Waals surface area contributed by atoms with E-state index in [0.717, 1.165) is 47.5 Å². The first-order valence-corrected chi connectivity index (χ1v) is 13.1. The molecule has 4 aromatic rings. The highest BCUT2D eigenvalue weighted by Gasteiger charge is 2.24. The smallest absolute Gasteiger partial charge is 0.261 e. The van der Waals surface area contributed by atoms with E-state index >= 15 is 0 Å². The minimum absolute atomic E-state index is 0.0348. The molecule has 1 aromatic heterocycles. The topological polar surface area (TPSA) is 79.4 Å². The van der Waals surface area contributed by atoms with Crippen molar-refractivity contribution in [3.63, 3.8) is 0 Å². The average molecular weight is 518 g/mol. The second-order valence-corrected chi connectivity index (χ2v) is 10.2. The summed E-state index contributed by atoms with van der Waals surface area (Å²) in [5.41, 5.74) is 9.39. The van der Waals surface area contributed by atoms with Crippen molar-refractivity contribution in [2.45, 2.75) is 32.2 Å². The summed E-state index contributed by atoms with van der Waals surface area (Å²) in [7, 11) is 3.28. The van der Waals surface area contributed by atoms with E-state index in [2.05, 4.69) is 0 Å². The van der Waals surface area contributed by atoms with E-state index in [0.29, 0.717) is 46.7 Å². The zero-order chi connectivity index (χ0) is 25.9. The summed E-state index contributed by atoms with van der Waals surface area (Å²) >= 11 is 6.25. The van der Waals surface area contributed by atoms with Gasteiger partial charge in [0.1, 0.15) is 17.3 Å². The van der Waals surface area contributed by atoms with E-state index in [1.807, 2.05) is 47.0 Å². The maximum Gasteiger partial charge on any atom is 0.261 e. The standard InChI is InChI=1S/C30H32ClN3O3/c1-36-24-11-13-25(28(16-24)37-2)21-6-8-22(9-7-21)29-33-27-15-23(31)10-12-26(27)30(35)34(29)18-20-5-3-4-19(14-20)17-32/h6-13,15-16,19-20H,3-5,14,17-18,32H2,1-2H3. The number of nitrogens with two attached hydrogens (primary N) is 1. The number of halogens is 1. The van der Waals surface area contributed by atoms with E-state index in [9.17, 15) is 4.79 Å². The van der Waals surface area contributed by atoms with Crippen LogP contribution in [0.3, 0.4) is 0 Å². The fourth-order valence-corrected chi connectivity index (χ4v) is 5.63. The van der Waals surface area contributed by atoms with Crippen LogP contribution < -0.4 is 20.8 Å². The molecule has 2 unspecified atom stereocenters. The Morgan fingerprint density at radius 1 is 0.973 bits per heavy atom. The minimum atomic E-state index is -0.0348. The summed E-state index contributed by atoms with van der Waals surface area (Å²) < 4.78 is 12.8. The molecule has 0 radical (unpaired) electrons. The van der Waals surface area contributed by atoms with Crippen LogP contribution in [0.15, 0.2) is 65.5 Å². The second-order valence-electron chi connectivity index (χ2n) is 9.79. The molecule has 0 bridgehead atoms. The number of fused-ring (bicyclic) bond motifs is 1. The van der Waals surface area contributed by atoms with Crippen LogP contribution >= 0.6 is 11.6 Å². The summed E-state index contributed by atoms with van der Waals surface area (Å²) in [4.78, 5) is 18.7. The van der Waals surface area contributed by atoms with Crippen LogP contribution in [-0.4, -0.2) is 30.3 Å².